The number of thiophene rings is 1. The van der Waals surface area contributed by atoms with Crippen LogP contribution in [0.25, 0.3) is 0 Å². The lowest BCUT2D eigenvalue weighted by atomic mass is 10.1. The van der Waals surface area contributed by atoms with Crippen molar-refractivity contribution in [3.05, 3.63) is 22.7 Å². The van der Waals surface area contributed by atoms with Crippen LogP contribution in [0.15, 0.2) is 32.6 Å². The number of hydrogen-bond acceptors (Lipinski definition) is 8. The highest BCUT2D eigenvalue weighted by Gasteiger charge is 2.24. The lowest BCUT2D eigenvalue weighted by molar-refractivity contribution is -0.129. The third kappa shape index (κ3) is 4.30. The van der Waals surface area contributed by atoms with Crippen LogP contribution in [0.4, 0.5) is 5.82 Å². The van der Waals surface area contributed by atoms with Crippen LogP contribution < -0.4 is 5.73 Å². The highest BCUT2D eigenvalue weighted by atomic mass is 35.5. The van der Waals surface area contributed by atoms with Crippen LogP contribution in [-0.4, -0.2) is 48.0 Å². The molecule has 0 aromatic carbocycles. The molecule has 0 unspecified atom stereocenters. The Balaban J connectivity index is 1.70. The fourth-order valence-corrected chi connectivity index (χ4v) is 6.15. The van der Waals surface area contributed by atoms with Gasteiger partial charge in [-0.25, -0.2) is 18.4 Å². The zero-order valence-electron chi connectivity index (χ0n) is 13.7. The molecule has 0 atom stereocenters. The zero-order chi connectivity index (χ0) is 18.7. The van der Waals surface area contributed by atoms with E-state index in [1.165, 1.54) is 18.3 Å². The number of hydrogen-bond donors (Lipinski definition) is 1. The molecular weight excluding hydrogens is 416 g/mol. The van der Waals surface area contributed by atoms with Crippen molar-refractivity contribution in [1.82, 2.24) is 14.9 Å². The fourth-order valence-electron chi connectivity index (χ4n) is 2.55. The Morgan fingerprint density at radius 1 is 1.31 bits per heavy atom. The van der Waals surface area contributed by atoms with Gasteiger partial charge in [0.05, 0.1) is 16.3 Å². The third-order valence-electron chi connectivity index (χ3n) is 3.90. The second-order valence-corrected chi connectivity index (χ2v) is 10.5. The number of carbonyl (C=O) groups is 1. The summed E-state index contributed by atoms with van der Waals surface area (Å²) in [5.74, 6) is 0.0887. The number of aromatic nitrogens is 2. The van der Waals surface area contributed by atoms with Crippen LogP contribution in [0.5, 0.6) is 0 Å². The fraction of sp³-hybridized carbons (Fsp3) is 0.400. The monoisotopic (exact) mass is 432 g/mol. The molecule has 26 heavy (non-hydrogen) atoms. The number of thioether (sulfide) groups is 1. The van der Waals surface area contributed by atoms with E-state index in [9.17, 15) is 13.2 Å². The first-order valence-electron chi connectivity index (χ1n) is 7.91. The molecule has 3 heterocycles. The Kier molecular flexibility index (Phi) is 6.06. The first-order valence-corrected chi connectivity index (χ1v) is 11.6. The van der Waals surface area contributed by atoms with Crippen molar-refractivity contribution in [2.75, 3.05) is 24.6 Å². The summed E-state index contributed by atoms with van der Waals surface area (Å²) in [5, 5.41) is 0.274. The molecule has 1 aliphatic rings. The summed E-state index contributed by atoms with van der Waals surface area (Å²) >= 11 is 7.90. The quantitative estimate of drug-likeness (QED) is 0.571. The van der Waals surface area contributed by atoms with Crippen LogP contribution in [0.2, 0.25) is 4.34 Å². The first-order chi connectivity index (χ1) is 12.4. The van der Waals surface area contributed by atoms with Crippen molar-refractivity contribution < 1.29 is 13.2 Å². The molecular formula is C15H17ClN4O3S3. The second-order valence-electron chi connectivity index (χ2n) is 5.69. The SMILES string of the molecule is Nc1nc(SCC(=O)N2CCCCC2)ncc1S(=O)(=O)c1ccc(Cl)s1. The Hall–Kier alpha value is -1.36. The van der Waals surface area contributed by atoms with Gasteiger partial charge in [0.1, 0.15) is 14.9 Å². The Bertz CT molecular complexity index is 911. The summed E-state index contributed by atoms with van der Waals surface area (Å²) in [5.41, 5.74) is 5.83. The minimum Gasteiger partial charge on any atom is -0.382 e. The predicted octanol–water partition coefficient (Wildman–Crippen LogP) is 2.71. The van der Waals surface area contributed by atoms with E-state index >= 15 is 0 Å². The van der Waals surface area contributed by atoms with E-state index in [2.05, 4.69) is 9.97 Å². The molecule has 140 valence electrons. The smallest absolute Gasteiger partial charge is 0.233 e. The highest BCUT2D eigenvalue weighted by Crippen LogP contribution is 2.32. The number of nitrogens with two attached hydrogens (primary N) is 1. The average molecular weight is 433 g/mol. The van der Waals surface area contributed by atoms with E-state index < -0.39 is 9.84 Å². The number of nitrogen functional groups attached to an aromatic ring is 1. The number of piperidine rings is 1. The molecule has 0 spiro atoms. The van der Waals surface area contributed by atoms with Gasteiger partial charge in [0, 0.05) is 13.1 Å². The van der Waals surface area contributed by atoms with E-state index in [4.69, 9.17) is 17.3 Å². The van der Waals surface area contributed by atoms with Crippen molar-refractivity contribution >= 4 is 56.3 Å². The van der Waals surface area contributed by atoms with Gasteiger partial charge in [0.25, 0.3) is 0 Å². The lowest BCUT2D eigenvalue weighted by Crippen LogP contribution is -2.36. The van der Waals surface area contributed by atoms with Gasteiger partial charge < -0.3 is 10.6 Å². The molecule has 2 N–H and O–H groups in total. The summed E-state index contributed by atoms with van der Waals surface area (Å²) in [6.07, 6.45) is 4.39. The van der Waals surface area contributed by atoms with E-state index in [0.717, 1.165) is 55.5 Å². The molecule has 2 aromatic heterocycles. The number of carbonyl (C=O) groups excluding carboxylic acids is 1. The molecule has 0 bridgehead atoms. The molecule has 1 amide bonds. The number of amides is 1. The molecule has 0 radical (unpaired) electrons. The minimum absolute atomic E-state index is 0.0294. The van der Waals surface area contributed by atoms with Crippen molar-refractivity contribution in [1.29, 1.82) is 0 Å². The second kappa shape index (κ2) is 8.12. The van der Waals surface area contributed by atoms with Gasteiger partial charge >= 0.3 is 0 Å². The molecule has 1 fully saturated rings. The number of rotatable bonds is 5. The molecule has 2 aromatic rings. The van der Waals surface area contributed by atoms with Gasteiger partial charge in [-0.05, 0) is 31.4 Å². The largest absolute Gasteiger partial charge is 0.382 e. The molecule has 11 heteroatoms. The standard InChI is InChI=1S/C15H17ClN4O3S3/c16-11-4-5-13(25-11)26(22,23)10-8-18-15(19-14(10)17)24-9-12(21)20-6-2-1-3-7-20/h4-5,8H,1-3,6-7,9H2,(H2,17,18,19). The number of anilines is 1. The van der Waals surface area contributed by atoms with Crippen LogP contribution in [0, 0.1) is 0 Å². The maximum absolute atomic E-state index is 12.6. The van der Waals surface area contributed by atoms with Gasteiger partial charge in [-0.1, -0.05) is 23.4 Å². The Morgan fingerprint density at radius 2 is 2.04 bits per heavy atom. The summed E-state index contributed by atoms with van der Waals surface area (Å²) in [7, 11) is -3.81. The topological polar surface area (TPSA) is 106 Å². The van der Waals surface area contributed by atoms with Crippen LogP contribution in [0.1, 0.15) is 19.3 Å². The summed E-state index contributed by atoms with van der Waals surface area (Å²) in [4.78, 5) is 21.9. The molecule has 3 rings (SSSR count). The summed E-state index contributed by atoms with van der Waals surface area (Å²) < 4.78 is 25.6. The van der Waals surface area contributed by atoms with Gasteiger partial charge in [0.2, 0.25) is 15.7 Å². The molecule has 1 saturated heterocycles. The van der Waals surface area contributed by atoms with Gasteiger partial charge in [-0.15, -0.1) is 11.3 Å². The Morgan fingerprint density at radius 3 is 2.65 bits per heavy atom. The van der Waals surface area contributed by atoms with Crippen molar-refractivity contribution in [2.45, 2.75) is 33.5 Å². The molecule has 0 aliphatic carbocycles. The predicted molar refractivity (Wildman–Crippen MR) is 102 cm³/mol. The third-order valence-corrected chi connectivity index (χ3v) is 8.24. The van der Waals surface area contributed by atoms with Crippen molar-refractivity contribution in [2.24, 2.45) is 0 Å². The van der Waals surface area contributed by atoms with Gasteiger partial charge in [0.15, 0.2) is 5.16 Å². The van der Waals surface area contributed by atoms with Gasteiger partial charge in [-0.3, -0.25) is 4.79 Å². The van der Waals surface area contributed by atoms with E-state index in [0.29, 0.717) is 4.34 Å². The number of halogens is 1. The maximum Gasteiger partial charge on any atom is 0.233 e. The first kappa shape index (κ1) is 19.4. The van der Waals surface area contributed by atoms with E-state index in [-0.39, 0.29) is 31.7 Å². The normalized spacial score (nSPS) is 15.2. The van der Waals surface area contributed by atoms with Gasteiger partial charge in [-0.2, -0.15) is 0 Å². The number of nitrogens with zero attached hydrogens (tertiary/aromatic N) is 3. The number of sulfone groups is 1. The number of likely N-dealkylation sites (tertiary alicyclic amines) is 1. The van der Waals surface area contributed by atoms with Crippen LogP contribution in [-0.2, 0) is 14.6 Å². The van der Waals surface area contributed by atoms with Crippen molar-refractivity contribution in [3.63, 3.8) is 0 Å². The maximum atomic E-state index is 12.6. The summed E-state index contributed by atoms with van der Waals surface area (Å²) in [6, 6.07) is 2.92. The minimum atomic E-state index is -3.81. The summed E-state index contributed by atoms with van der Waals surface area (Å²) in [6.45, 7) is 1.56. The van der Waals surface area contributed by atoms with Crippen molar-refractivity contribution in [3.8, 4) is 0 Å². The molecule has 0 saturated carbocycles. The Labute approximate surface area is 164 Å². The van der Waals surface area contributed by atoms with E-state index in [1.54, 1.807) is 0 Å². The molecule has 7 nitrogen and oxygen atoms in total. The molecule has 1 aliphatic heterocycles. The van der Waals surface area contributed by atoms with E-state index in [1.807, 2.05) is 4.90 Å². The van der Waals surface area contributed by atoms with Crippen LogP contribution in [0.3, 0.4) is 0 Å². The zero-order valence-corrected chi connectivity index (χ0v) is 16.9. The average Bonchev–Trinajstić information content (AvgIpc) is 3.07. The lowest BCUT2D eigenvalue weighted by Gasteiger charge is -2.26. The van der Waals surface area contributed by atoms with Crippen LogP contribution >= 0.6 is 34.7 Å². The highest BCUT2D eigenvalue weighted by molar-refractivity contribution is 7.99.